The molecule has 0 spiro atoms. The number of carboxylic acid groups (broad SMARTS) is 1. The predicted molar refractivity (Wildman–Crippen MR) is 80.1 cm³/mol. The van der Waals surface area contributed by atoms with Crippen molar-refractivity contribution in [1.29, 1.82) is 0 Å². The molecule has 0 amide bonds. The van der Waals surface area contributed by atoms with Crippen molar-refractivity contribution >= 4 is 5.97 Å². The largest absolute Gasteiger partial charge is 0.478 e. The number of unbranched alkanes of at least 4 members (excludes halogenated alkanes) is 6. The van der Waals surface area contributed by atoms with Crippen LogP contribution in [0.25, 0.3) is 0 Å². The van der Waals surface area contributed by atoms with Crippen molar-refractivity contribution in [3.63, 3.8) is 0 Å². The van der Waals surface area contributed by atoms with Gasteiger partial charge in [0.05, 0.1) is 5.56 Å². The summed E-state index contributed by atoms with van der Waals surface area (Å²) in [5.74, 6) is -0.916. The molecule has 0 atom stereocenters. The molecule has 0 saturated carbocycles. The molecule has 22 heavy (non-hydrogen) atoms. The molecule has 0 saturated heterocycles. The Hall–Kier alpha value is -1.52. The average Bonchev–Trinajstić information content (AvgIpc) is 2.44. The third-order valence-corrected chi connectivity index (χ3v) is 3.60. The zero-order chi connectivity index (χ0) is 16.4. The highest BCUT2D eigenvalue weighted by molar-refractivity contribution is 5.87. The number of hydrogen-bond donors (Lipinski definition) is 1. The predicted octanol–water partition coefficient (Wildman–Crippen LogP) is 5.61. The van der Waals surface area contributed by atoms with Crippen molar-refractivity contribution in [3.05, 3.63) is 35.4 Å². The lowest BCUT2D eigenvalue weighted by Crippen LogP contribution is -2.06. The molecule has 0 bridgehead atoms. The fourth-order valence-electron chi connectivity index (χ4n) is 2.40. The standard InChI is InChI=1S/C17H23F3O2/c18-17(19,20)12-7-5-3-1-2-4-6-9-14-10-8-11-15(13-14)16(21)22/h8,10-11,13H,1-7,9,12H2,(H,21,22). The van der Waals surface area contributed by atoms with E-state index in [1.165, 1.54) is 0 Å². The van der Waals surface area contributed by atoms with E-state index in [9.17, 15) is 18.0 Å². The molecular weight excluding hydrogens is 293 g/mol. The van der Waals surface area contributed by atoms with E-state index < -0.39 is 18.6 Å². The number of halogens is 3. The minimum atomic E-state index is -4.02. The molecule has 0 aliphatic heterocycles. The second-order valence-corrected chi connectivity index (χ2v) is 5.60. The van der Waals surface area contributed by atoms with Gasteiger partial charge in [0.2, 0.25) is 0 Å². The van der Waals surface area contributed by atoms with E-state index in [0.29, 0.717) is 12.0 Å². The van der Waals surface area contributed by atoms with Gasteiger partial charge in [-0.05, 0) is 37.0 Å². The fraction of sp³-hybridized carbons (Fsp3) is 0.588. The van der Waals surface area contributed by atoms with Crippen LogP contribution in [0, 0.1) is 0 Å². The molecule has 0 aliphatic carbocycles. The third kappa shape index (κ3) is 8.70. The van der Waals surface area contributed by atoms with Crippen LogP contribution in [0.15, 0.2) is 24.3 Å². The first-order chi connectivity index (χ1) is 10.4. The lowest BCUT2D eigenvalue weighted by Gasteiger charge is -2.06. The Labute approximate surface area is 129 Å². The van der Waals surface area contributed by atoms with Crippen molar-refractivity contribution in [1.82, 2.24) is 0 Å². The van der Waals surface area contributed by atoms with Crippen molar-refractivity contribution in [2.45, 2.75) is 64.0 Å². The van der Waals surface area contributed by atoms with Crippen molar-refractivity contribution in [3.8, 4) is 0 Å². The first-order valence-corrected chi connectivity index (χ1v) is 7.77. The van der Waals surface area contributed by atoms with Gasteiger partial charge in [0, 0.05) is 6.42 Å². The number of rotatable bonds is 10. The lowest BCUT2D eigenvalue weighted by molar-refractivity contribution is -0.135. The van der Waals surface area contributed by atoms with Gasteiger partial charge in [-0.15, -0.1) is 0 Å². The van der Waals surface area contributed by atoms with Crippen molar-refractivity contribution in [2.75, 3.05) is 0 Å². The van der Waals surface area contributed by atoms with E-state index in [2.05, 4.69) is 0 Å². The van der Waals surface area contributed by atoms with Crippen LogP contribution >= 0.6 is 0 Å². The van der Waals surface area contributed by atoms with Crippen LogP contribution in [-0.2, 0) is 6.42 Å². The van der Waals surface area contributed by atoms with Gasteiger partial charge in [0.1, 0.15) is 0 Å². The molecule has 1 aromatic carbocycles. The number of aromatic carboxylic acids is 1. The monoisotopic (exact) mass is 316 g/mol. The maximum Gasteiger partial charge on any atom is 0.389 e. The van der Waals surface area contributed by atoms with Crippen LogP contribution in [0.5, 0.6) is 0 Å². The van der Waals surface area contributed by atoms with Crippen molar-refractivity contribution < 1.29 is 23.1 Å². The smallest absolute Gasteiger partial charge is 0.389 e. The summed E-state index contributed by atoms with van der Waals surface area (Å²) in [5.41, 5.74) is 1.33. The minimum absolute atomic E-state index is 0.228. The number of benzene rings is 1. The van der Waals surface area contributed by atoms with Gasteiger partial charge < -0.3 is 5.11 Å². The van der Waals surface area contributed by atoms with Gasteiger partial charge in [-0.3, -0.25) is 0 Å². The maximum atomic E-state index is 11.9. The Balaban J connectivity index is 2.04. The highest BCUT2D eigenvalue weighted by Gasteiger charge is 2.25. The molecule has 2 nitrogen and oxygen atoms in total. The summed E-state index contributed by atoms with van der Waals surface area (Å²) in [5, 5.41) is 8.90. The van der Waals surface area contributed by atoms with E-state index in [-0.39, 0.29) is 6.42 Å². The van der Waals surface area contributed by atoms with Crippen LogP contribution in [0.1, 0.15) is 67.3 Å². The summed E-state index contributed by atoms with van der Waals surface area (Å²) < 4.78 is 35.8. The topological polar surface area (TPSA) is 37.3 Å². The maximum absolute atomic E-state index is 11.9. The van der Waals surface area contributed by atoms with Crippen LogP contribution in [-0.4, -0.2) is 17.3 Å². The second kappa shape index (κ2) is 9.49. The Kier molecular flexibility index (Phi) is 7.99. The molecule has 0 fully saturated rings. The van der Waals surface area contributed by atoms with Crippen LogP contribution in [0.2, 0.25) is 0 Å². The Morgan fingerprint density at radius 3 is 2.14 bits per heavy atom. The number of carbonyl (C=O) groups is 1. The van der Waals surface area contributed by atoms with Gasteiger partial charge in [-0.1, -0.05) is 44.2 Å². The fourth-order valence-corrected chi connectivity index (χ4v) is 2.40. The first-order valence-electron chi connectivity index (χ1n) is 7.77. The number of alkyl halides is 3. The van der Waals surface area contributed by atoms with Crippen LogP contribution in [0.3, 0.4) is 0 Å². The van der Waals surface area contributed by atoms with Gasteiger partial charge in [0.25, 0.3) is 0 Å². The van der Waals surface area contributed by atoms with Gasteiger partial charge in [-0.25, -0.2) is 4.79 Å². The van der Waals surface area contributed by atoms with Crippen LogP contribution < -0.4 is 0 Å². The molecule has 0 aliphatic rings. The van der Waals surface area contributed by atoms with E-state index in [1.807, 2.05) is 6.07 Å². The first kappa shape index (κ1) is 18.5. The molecule has 1 N–H and O–H groups in total. The van der Waals surface area contributed by atoms with E-state index in [4.69, 9.17) is 5.11 Å². The van der Waals surface area contributed by atoms with E-state index >= 15 is 0 Å². The SMILES string of the molecule is O=C(O)c1cccc(CCCCCCCCCC(F)(F)F)c1. The van der Waals surface area contributed by atoms with Gasteiger partial charge in [-0.2, -0.15) is 13.2 Å². The Morgan fingerprint density at radius 2 is 1.55 bits per heavy atom. The van der Waals surface area contributed by atoms with Crippen LogP contribution in [0.4, 0.5) is 13.2 Å². The molecule has 0 unspecified atom stereocenters. The quantitative estimate of drug-likeness (QED) is 0.570. The zero-order valence-electron chi connectivity index (χ0n) is 12.7. The molecule has 0 aromatic heterocycles. The molecule has 1 rings (SSSR count). The molecule has 1 aromatic rings. The summed E-state index contributed by atoms with van der Waals surface area (Å²) in [7, 11) is 0. The molecule has 124 valence electrons. The van der Waals surface area contributed by atoms with Gasteiger partial charge in [0.15, 0.2) is 0 Å². The Morgan fingerprint density at radius 1 is 0.955 bits per heavy atom. The third-order valence-electron chi connectivity index (χ3n) is 3.60. The molecule has 0 heterocycles. The minimum Gasteiger partial charge on any atom is -0.478 e. The summed E-state index contributed by atoms with van der Waals surface area (Å²) in [6, 6.07) is 6.94. The normalized spacial score (nSPS) is 11.6. The lowest BCUT2D eigenvalue weighted by atomic mass is 10.0. The number of hydrogen-bond acceptors (Lipinski definition) is 1. The van der Waals surface area contributed by atoms with Gasteiger partial charge >= 0.3 is 12.1 Å². The molecule has 0 radical (unpaired) electrons. The summed E-state index contributed by atoms with van der Waals surface area (Å²) in [6.07, 6.45) is 1.85. The highest BCUT2D eigenvalue weighted by Crippen LogP contribution is 2.23. The van der Waals surface area contributed by atoms with E-state index in [0.717, 1.165) is 44.1 Å². The number of carboxylic acids is 1. The summed E-state index contributed by atoms with van der Waals surface area (Å²) >= 11 is 0. The second-order valence-electron chi connectivity index (χ2n) is 5.60. The number of aryl methyl sites for hydroxylation is 1. The summed E-state index contributed by atoms with van der Waals surface area (Å²) in [4.78, 5) is 10.8. The summed E-state index contributed by atoms with van der Waals surface area (Å²) in [6.45, 7) is 0. The Bertz CT molecular complexity index is 455. The highest BCUT2D eigenvalue weighted by atomic mass is 19.4. The zero-order valence-corrected chi connectivity index (χ0v) is 12.7. The average molecular weight is 316 g/mol. The van der Waals surface area contributed by atoms with Crippen molar-refractivity contribution in [2.24, 2.45) is 0 Å². The van der Waals surface area contributed by atoms with E-state index in [1.54, 1.807) is 18.2 Å². The molecule has 5 heteroatoms. The molecular formula is C17H23F3O2.